The molecule has 0 aromatic rings. The van der Waals surface area contributed by atoms with Gasteiger partial charge in [0.15, 0.2) is 0 Å². The van der Waals surface area contributed by atoms with E-state index in [0.29, 0.717) is 0 Å². The summed E-state index contributed by atoms with van der Waals surface area (Å²) in [5.74, 6) is 0. The Hall–Kier alpha value is 0.960. The molecule has 0 saturated carbocycles. The zero-order chi connectivity index (χ0) is 0. The van der Waals surface area contributed by atoms with Crippen molar-refractivity contribution in [3.05, 3.63) is 0 Å². The van der Waals surface area contributed by atoms with Crippen molar-refractivity contribution >= 4 is 37.7 Å². The summed E-state index contributed by atoms with van der Waals surface area (Å²) in [5, 5.41) is 0. The van der Waals surface area contributed by atoms with E-state index in [2.05, 4.69) is 0 Å². The molecule has 0 bridgehead atoms. The quantitative estimate of drug-likeness (QED) is 0.304. The molecular formula is H8CaF2O4. The van der Waals surface area contributed by atoms with Crippen LogP contribution in [-0.4, -0.2) is 59.6 Å². The van der Waals surface area contributed by atoms with Crippen LogP contribution in [0.3, 0.4) is 0 Å². The minimum atomic E-state index is 0. The zero-order valence-electron chi connectivity index (χ0n) is 3.46. The van der Waals surface area contributed by atoms with E-state index in [9.17, 15) is 0 Å². The van der Waals surface area contributed by atoms with Crippen LogP contribution in [0.1, 0.15) is 0 Å². The number of rotatable bonds is 0. The molecule has 7 heavy (non-hydrogen) atoms. The van der Waals surface area contributed by atoms with Gasteiger partial charge in [0.25, 0.3) is 0 Å². The van der Waals surface area contributed by atoms with Crippen LogP contribution in [0.2, 0.25) is 0 Å². The van der Waals surface area contributed by atoms with Gasteiger partial charge in [0.1, 0.15) is 0 Å². The van der Waals surface area contributed by atoms with E-state index in [4.69, 9.17) is 0 Å². The number of hydrogen-bond acceptors (Lipinski definition) is 0. The van der Waals surface area contributed by atoms with Gasteiger partial charge in [-0.05, 0) is 0 Å². The van der Waals surface area contributed by atoms with E-state index < -0.39 is 0 Å². The standard InChI is InChI=1S/Ca.2FH.4H2O/h;2*1H;4*1H2/q+2;;;;;;/p-2. The molecule has 0 unspecified atom stereocenters. The van der Waals surface area contributed by atoms with Crippen molar-refractivity contribution in [2.45, 2.75) is 0 Å². The predicted octanol–water partition coefficient (Wildman–Crippen LogP) is -9.67. The zero-order valence-corrected chi connectivity index (χ0v) is 5.67. The Bertz CT molecular complexity index is 9.65. The van der Waals surface area contributed by atoms with Crippen LogP contribution in [0.15, 0.2) is 0 Å². The maximum absolute atomic E-state index is 0. The summed E-state index contributed by atoms with van der Waals surface area (Å²) >= 11 is 0. The first-order valence-electron chi connectivity index (χ1n) is 0. The average Bonchev–Trinajstić information content (AvgIpc) is 0. The maximum atomic E-state index is 0. The van der Waals surface area contributed by atoms with Gasteiger partial charge >= 0.3 is 37.7 Å². The monoisotopic (exact) mass is 150 g/mol. The Balaban J connectivity index is 0. The van der Waals surface area contributed by atoms with Crippen molar-refractivity contribution in [1.82, 2.24) is 0 Å². The fourth-order valence-electron chi connectivity index (χ4n) is 0. The smallest absolute Gasteiger partial charge is 1.00 e. The Kier molecular flexibility index (Phi) is 16000. The van der Waals surface area contributed by atoms with Gasteiger partial charge in [-0.15, -0.1) is 0 Å². The van der Waals surface area contributed by atoms with Crippen molar-refractivity contribution in [2.75, 3.05) is 0 Å². The molecule has 0 aliphatic carbocycles. The predicted molar refractivity (Wildman–Crippen MR) is 20.2 cm³/mol. The van der Waals surface area contributed by atoms with Gasteiger partial charge in [-0.3, -0.25) is 0 Å². The first-order valence-corrected chi connectivity index (χ1v) is 0. The topological polar surface area (TPSA) is 126 Å². The molecule has 0 atom stereocenters. The van der Waals surface area contributed by atoms with Crippen LogP contribution in [0.4, 0.5) is 0 Å². The molecule has 0 spiro atoms. The Morgan fingerprint density at radius 1 is 0.429 bits per heavy atom. The molecule has 8 N–H and O–H groups in total. The minimum absolute atomic E-state index is 0. The number of halogens is 2. The van der Waals surface area contributed by atoms with E-state index in [1.54, 1.807) is 0 Å². The molecule has 0 amide bonds. The number of hydrogen-bond donors (Lipinski definition) is 0. The second kappa shape index (κ2) is 268. The Morgan fingerprint density at radius 3 is 0.429 bits per heavy atom. The summed E-state index contributed by atoms with van der Waals surface area (Å²) in [6, 6.07) is 0. The molecule has 7 heteroatoms. The fraction of sp³-hybridized carbons (Fsp3) is 0. The minimum Gasteiger partial charge on any atom is -1.00 e. The first-order chi connectivity index (χ1) is 0. The largest absolute Gasteiger partial charge is 2.00 e. The summed E-state index contributed by atoms with van der Waals surface area (Å²) in [6.45, 7) is 0. The van der Waals surface area contributed by atoms with Crippen LogP contribution in [0.5, 0.6) is 0 Å². The van der Waals surface area contributed by atoms with Crippen molar-refractivity contribution in [2.24, 2.45) is 0 Å². The van der Waals surface area contributed by atoms with Crippen LogP contribution >= 0.6 is 0 Å². The second-order valence-electron chi connectivity index (χ2n) is 0. The molecule has 0 radical (unpaired) electrons. The van der Waals surface area contributed by atoms with E-state index >= 15 is 0 Å². The third-order valence-electron chi connectivity index (χ3n) is 0. The molecule has 0 rings (SSSR count). The molecule has 0 aromatic heterocycles. The Labute approximate surface area is 68.9 Å². The van der Waals surface area contributed by atoms with E-state index in [1.165, 1.54) is 0 Å². The molecule has 0 aromatic carbocycles. The van der Waals surface area contributed by atoms with Crippen LogP contribution in [0.25, 0.3) is 0 Å². The Morgan fingerprint density at radius 2 is 0.429 bits per heavy atom. The van der Waals surface area contributed by atoms with Gasteiger partial charge in [0.2, 0.25) is 0 Å². The molecule has 0 fully saturated rings. The second-order valence-corrected chi connectivity index (χ2v) is 0. The third-order valence-corrected chi connectivity index (χ3v) is 0. The summed E-state index contributed by atoms with van der Waals surface area (Å²) in [7, 11) is 0. The van der Waals surface area contributed by atoms with Crippen LogP contribution in [0, 0.1) is 0 Å². The van der Waals surface area contributed by atoms with Gasteiger partial charge in [-0.2, -0.15) is 0 Å². The van der Waals surface area contributed by atoms with Gasteiger partial charge in [-0.25, -0.2) is 0 Å². The maximum Gasteiger partial charge on any atom is 2.00 e. The van der Waals surface area contributed by atoms with Crippen LogP contribution < -0.4 is 9.41 Å². The van der Waals surface area contributed by atoms with E-state index in [0.717, 1.165) is 0 Å². The van der Waals surface area contributed by atoms with Crippen LogP contribution in [-0.2, 0) is 0 Å². The molecular weight excluding hydrogens is 142 g/mol. The third kappa shape index (κ3) is 186. The van der Waals surface area contributed by atoms with Crippen molar-refractivity contribution < 1.29 is 31.3 Å². The molecule has 0 aliphatic rings. The van der Waals surface area contributed by atoms with Crippen molar-refractivity contribution in [3.8, 4) is 0 Å². The van der Waals surface area contributed by atoms with Gasteiger partial charge < -0.3 is 31.3 Å². The molecule has 4 nitrogen and oxygen atoms in total. The summed E-state index contributed by atoms with van der Waals surface area (Å²) in [5.41, 5.74) is 0. The average molecular weight is 150 g/mol. The molecule has 0 saturated heterocycles. The van der Waals surface area contributed by atoms with Gasteiger partial charge in [0.05, 0.1) is 0 Å². The van der Waals surface area contributed by atoms with E-state index in [1.807, 2.05) is 0 Å². The molecule has 0 heterocycles. The SMILES string of the molecule is O.O.O.O.[Ca+2].[F-].[F-]. The summed E-state index contributed by atoms with van der Waals surface area (Å²) < 4.78 is 0. The van der Waals surface area contributed by atoms with E-state index in [-0.39, 0.29) is 69.1 Å². The van der Waals surface area contributed by atoms with Crippen molar-refractivity contribution in [1.29, 1.82) is 0 Å². The van der Waals surface area contributed by atoms with Gasteiger partial charge in [-0.1, -0.05) is 0 Å². The summed E-state index contributed by atoms with van der Waals surface area (Å²) in [4.78, 5) is 0. The molecule has 0 aliphatic heterocycles. The molecule has 48 valence electrons. The summed E-state index contributed by atoms with van der Waals surface area (Å²) in [6.07, 6.45) is 0. The normalized spacial score (nSPS) is 0. The van der Waals surface area contributed by atoms with Gasteiger partial charge in [0, 0.05) is 0 Å². The fourth-order valence-corrected chi connectivity index (χ4v) is 0. The van der Waals surface area contributed by atoms with Crippen molar-refractivity contribution in [3.63, 3.8) is 0 Å². The first kappa shape index (κ1) is 419.